The van der Waals surface area contributed by atoms with Gasteiger partial charge in [-0.25, -0.2) is 0 Å². The molecular formula is C15H19NO4. The Kier molecular flexibility index (Phi) is 6.46. The molecule has 0 saturated carbocycles. The molecule has 5 nitrogen and oxygen atoms in total. The third-order valence-electron chi connectivity index (χ3n) is 2.68. The van der Waals surface area contributed by atoms with Gasteiger partial charge >= 0.3 is 5.97 Å². The van der Waals surface area contributed by atoms with Crippen molar-refractivity contribution in [2.45, 2.75) is 25.9 Å². The first kappa shape index (κ1) is 15.9. The van der Waals surface area contributed by atoms with Crippen LogP contribution >= 0.6 is 0 Å². The van der Waals surface area contributed by atoms with Gasteiger partial charge in [-0.15, -0.1) is 6.58 Å². The number of ether oxygens (including phenoxy) is 1. The Balaban J connectivity index is 2.65. The molecule has 108 valence electrons. The topological polar surface area (TPSA) is 75.6 Å². The minimum Gasteiger partial charge on any atom is -0.481 e. The van der Waals surface area contributed by atoms with E-state index in [1.165, 1.54) is 0 Å². The molecule has 0 aliphatic rings. The number of para-hydroxylation sites is 1. The number of anilines is 1. The Morgan fingerprint density at radius 2 is 2.15 bits per heavy atom. The van der Waals surface area contributed by atoms with Gasteiger partial charge in [-0.3, -0.25) is 9.59 Å². The number of aliphatic carboxylic acids is 1. The Hall–Kier alpha value is -2.14. The number of rotatable bonds is 8. The van der Waals surface area contributed by atoms with E-state index in [2.05, 4.69) is 11.9 Å². The molecule has 0 spiro atoms. The number of carbonyl (C=O) groups is 2. The van der Waals surface area contributed by atoms with E-state index in [9.17, 15) is 9.59 Å². The highest BCUT2D eigenvalue weighted by Crippen LogP contribution is 2.16. The molecule has 1 aromatic carbocycles. The van der Waals surface area contributed by atoms with Crippen LogP contribution in [0.5, 0.6) is 0 Å². The first-order valence-electron chi connectivity index (χ1n) is 6.37. The predicted molar refractivity (Wildman–Crippen MR) is 76.6 cm³/mol. The summed E-state index contributed by atoms with van der Waals surface area (Å²) in [6, 6.07) is 6.82. The van der Waals surface area contributed by atoms with Crippen LogP contribution in [0.1, 0.15) is 18.9 Å². The highest BCUT2D eigenvalue weighted by Gasteiger charge is 2.15. The van der Waals surface area contributed by atoms with Gasteiger partial charge in [0.15, 0.2) is 0 Å². The van der Waals surface area contributed by atoms with Crippen LogP contribution in [0.15, 0.2) is 36.9 Å². The highest BCUT2D eigenvalue weighted by molar-refractivity contribution is 5.95. The van der Waals surface area contributed by atoms with Crippen molar-refractivity contribution >= 4 is 17.6 Å². The van der Waals surface area contributed by atoms with Crippen LogP contribution in [0.2, 0.25) is 0 Å². The van der Waals surface area contributed by atoms with E-state index in [0.717, 1.165) is 0 Å². The third-order valence-corrected chi connectivity index (χ3v) is 2.68. The molecule has 0 aromatic heterocycles. The minimum absolute atomic E-state index is 0.137. The SMILES string of the molecule is C=CCCOC(C)C(=O)Nc1ccccc1CC(=O)O. The fourth-order valence-corrected chi connectivity index (χ4v) is 1.60. The molecule has 0 fully saturated rings. The molecule has 0 radical (unpaired) electrons. The third kappa shape index (κ3) is 5.24. The number of carbonyl (C=O) groups excluding carboxylic acids is 1. The summed E-state index contributed by atoms with van der Waals surface area (Å²) in [5.74, 6) is -1.24. The summed E-state index contributed by atoms with van der Waals surface area (Å²) < 4.78 is 5.34. The minimum atomic E-state index is -0.943. The summed E-state index contributed by atoms with van der Waals surface area (Å²) in [6.45, 7) is 5.65. The largest absolute Gasteiger partial charge is 0.481 e. The molecule has 0 bridgehead atoms. The summed E-state index contributed by atoms with van der Waals surface area (Å²) in [4.78, 5) is 22.7. The summed E-state index contributed by atoms with van der Waals surface area (Å²) >= 11 is 0. The zero-order valence-corrected chi connectivity index (χ0v) is 11.5. The molecule has 0 saturated heterocycles. The number of nitrogens with one attached hydrogen (secondary N) is 1. The Labute approximate surface area is 118 Å². The zero-order chi connectivity index (χ0) is 15.0. The van der Waals surface area contributed by atoms with Gasteiger partial charge in [0.05, 0.1) is 13.0 Å². The first-order valence-corrected chi connectivity index (χ1v) is 6.37. The lowest BCUT2D eigenvalue weighted by Crippen LogP contribution is -2.28. The van der Waals surface area contributed by atoms with Crippen LogP contribution < -0.4 is 5.32 Å². The van der Waals surface area contributed by atoms with Gasteiger partial charge in [-0.05, 0) is 25.0 Å². The van der Waals surface area contributed by atoms with Crippen molar-refractivity contribution in [2.24, 2.45) is 0 Å². The van der Waals surface area contributed by atoms with Gasteiger partial charge in [0, 0.05) is 5.69 Å². The number of hydrogen-bond acceptors (Lipinski definition) is 3. The van der Waals surface area contributed by atoms with Crippen LogP contribution in [0.3, 0.4) is 0 Å². The summed E-state index contributed by atoms with van der Waals surface area (Å²) in [6.07, 6.45) is 1.65. The average Bonchev–Trinajstić information content (AvgIpc) is 2.40. The lowest BCUT2D eigenvalue weighted by molar-refractivity contribution is -0.136. The zero-order valence-electron chi connectivity index (χ0n) is 11.5. The maximum atomic E-state index is 11.9. The van der Waals surface area contributed by atoms with E-state index < -0.39 is 12.1 Å². The van der Waals surface area contributed by atoms with Crippen LogP contribution in [0, 0.1) is 0 Å². The quantitative estimate of drug-likeness (QED) is 0.564. The second-order valence-corrected chi connectivity index (χ2v) is 4.31. The van der Waals surface area contributed by atoms with E-state index in [0.29, 0.717) is 24.3 Å². The van der Waals surface area contributed by atoms with E-state index in [4.69, 9.17) is 9.84 Å². The number of benzene rings is 1. The van der Waals surface area contributed by atoms with Crippen LogP contribution in [0.25, 0.3) is 0 Å². The molecular weight excluding hydrogens is 258 g/mol. The lowest BCUT2D eigenvalue weighted by Gasteiger charge is -2.14. The maximum Gasteiger partial charge on any atom is 0.307 e. The summed E-state index contributed by atoms with van der Waals surface area (Å²) in [5.41, 5.74) is 1.06. The molecule has 0 heterocycles. The van der Waals surface area contributed by atoms with Gasteiger partial charge in [0.25, 0.3) is 5.91 Å². The number of hydrogen-bond donors (Lipinski definition) is 2. The molecule has 2 N–H and O–H groups in total. The van der Waals surface area contributed by atoms with Gasteiger partial charge in [-0.1, -0.05) is 24.3 Å². The molecule has 1 aromatic rings. The molecule has 20 heavy (non-hydrogen) atoms. The highest BCUT2D eigenvalue weighted by atomic mass is 16.5. The standard InChI is InChI=1S/C15H19NO4/c1-3-4-9-20-11(2)15(19)16-13-8-6-5-7-12(13)10-14(17)18/h3,5-8,11H,1,4,9-10H2,2H3,(H,16,19)(H,17,18). The lowest BCUT2D eigenvalue weighted by atomic mass is 10.1. The molecule has 0 aliphatic heterocycles. The number of amides is 1. The second kappa shape index (κ2) is 8.12. The van der Waals surface area contributed by atoms with E-state index in [1.54, 1.807) is 37.3 Å². The Bertz CT molecular complexity index is 485. The van der Waals surface area contributed by atoms with Gasteiger partial charge in [0.2, 0.25) is 0 Å². The molecule has 5 heteroatoms. The predicted octanol–water partition coefficient (Wildman–Crippen LogP) is 2.23. The number of carboxylic acid groups (broad SMARTS) is 1. The average molecular weight is 277 g/mol. The van der Waals surface area contributed by atoms with Crippen molar-refractivity contribution in [3.05, 3.63) is 42.5 Å². The Morgan fingerprint density at radius 3 is 2.80 bits per heavy atom. The monoisotopic (exact) mass is 277 g/mol. The molecule has 0 aliphatic carbocycles. The molecule has 1 rings (SSSR count). The molecule has 1 atom stereocenters. The van der Waals surface area contributed by atoms with E-state index >= 15 is 0 Å². The van der Waals surface area contributed by atoms with Crippen LogP contribution in [-0.4, -0.2) is 29.7 Å². The van der Waals surface area contributed by atoms with Crippen molar-refractivity contribution in [1.82, 2.24) is 0 Å². The Morgan fingerprint density at radius 1 is 1.45 bits per heavy atom. The van der Waals surface area contributed by atoms with Gasteiger partial charge in [-0.2, -0.15) is 0 Å². The number of carboxylic acids is 1. The fourth-order valence-electron chi connectivity index (χ4n) is 1.60. The maximum absolute atomic E-state index is 11.9. The summed E-state index contributed by atoms with van der Waals surface area (Å²) in [5, 5.41) is 11.5. The first-order chi connectivity index (χ1) is 9.54. The van der Waals surface area contributed by atoms with Crippen LogP contribution in [0.4, 0.5) is 5.69 Å². The van der Waals surface area contributed by atoms with Crippen molar-refractivity contribution in [3.8, 4) is 0 Å². The van der Waals surface area contributed by atoms with Gasteiger partial charge < -0.3 is 15.2 Å². The second-order valence-electron chi connectivity index (χ2n) is 4.31. The van der Waals surface area contributed by atoms with Crippen molar-refractivity contribution in [2.75, 3.05) is 11.9 Å². The van der Waals surface area contributed by atoms with Gasteiger partial charge in [0.1, 0.15) is 6.10 Å². The molecule has 1 amide bonds. The smallest absolute Gasteiger partial charge is 0.307 e. The normalized spacial score (nSPS) is 11.7. The van der Waals surface area contributed by atoms with E-state index in [1.807, 2.05) is 0 Å². The van der Waals surface area contributed by atoms with Crippen molar-refractivity contribution in [3.63, 3.8) is 0 Å². The van der Waals surface area contributed by atoms with Crippen LogP contribution in [-0.2, 0) is 20.7 Å². The van der Waals surface area contributed by atoms with E-state index in [-0.39, 0.29) is 12.3 Å². The molecule has 1 unspecified atom stereocenters. The fraction of sp³-hybridized carbons (Fsp3) is 0.333. The van der Waals surface area contributed by atoms with Crippen molar-refractivity contribution < 1.29 is 19.4 Å². The van der Waals surface area contributed by atoms with Crippen molar-refractivity contribution in [1.29, 1.82) is 0 Å². The summed E-state index contributed by atoms with van der Waals surface area (Å²) in [7, 11) is 0.